The number of phosphoric acid groups is 1. The van der Waals surface area contributed by atoms with Crippen LogP contribution in [-0.4, -0.2) is 90.4 Å². The maximum Gasteiger partial charge on any atom is 0.318 e. The Kier molecular flexibility index (Phi) is 16.9. The molecular weight excluding hydrogens is 771 g/mol. The van der Waals surface area contributed by atoms with Crippen LogP contribution in [0.2, 0.25) is 0 Å². The Balaban J connectivity index is 0.000000234. The van der Waals surface area contributed by atoms with Crippen LogP contribution in [0.15, 0.2) is 97.1 Å². The summed E-state index contributed by atoms with van der Waals surface area (Å²) in [5.74, 6) is 1.62. The first-order valence-electron chi connectivity index (χ1n) is 20.6. The fourth-order valence-corrected chi connectivity index (χ4v) is 8.14. The van der Waals surface area contributed by atoms with Crippen molar-refractivity contribution in [3.63, 3.8) is 0 Å². The van der Waals surface area contributed by atoms with Crippen LogP contribution in [-0.2, 0) is 23.6 Å². The summed E-state index contributed by atoms with van der Waals surface area (Å²) in [6, 6.07) is 30.9. The molecule has 12 nitrogen and oxygen atoms in total. The maximum atomic E-state index is 13.2. The fraction of sp³-hybridized carbons (Fsp3) is 0.435. The normalized spacial score (nSPS) is 14.4. The van der Waals surface area contributed by atoms with Crippen LogP contribution in [0, 0.1) is 0 Å². The summed E-state index contributed by atoms with van der Waals surface area (Å²) in [4.78, 5) is 50.7. The zero-order valence-electron chi connectivity index (χ0n) is 35.7. The summed E-state index contributed by atoms with van der Waals surface area (Å²) >= 11 is 0. The lowest BCUT2D eigenvalue weighted by molar-refractivity contribution is -0.925. The molecule has 0 amide bonds. The van der Waals surface area contributed by atoms with E-state index in [-0.39, 0.29) is 24.1 Å². The summed E-state index contributed by atoms with van der Waals surface area (Å²) in [6.45, 7) is 25.1. The van der Waals surface area contributed by atoms with Crippen LogP contribution in [0.5, 0.6) is 23.0 Å². The highest BCUT2D eigenvalue weighted by molar-refractivity contribution is 7.42. The van der Waals surface area contributed by atoms with Gasteiger partial charge in [0.15, 0.2) is 0 Å². The van der Waals surface area contributed by atoms with E-state index in [2.05, 4.69) is 41.5 Å². The number of ether oxygens (including phenoxy) is 4. The van der Waals surface area contributed by atoms with Gasteiger partial charge in [0.1, 0.15) is 60.1 Å². The predicted octanol–water partition coefficient (Wildman–Crippen LogP) is 7.27. The van der Waals surface area contributed by atoms with E-state index >= 15 is 0 Å². The molecule has 0 aliphatic carbocycles. The van der Waals surface area contributed by atoms with Gasteiger partial charge in [0.25, 0.3) is 0 Å². The van der Waals surface area contributed by atoms with E-state index in [1.54, 1.807) is 0 Å². The standard InChI is InChI=1S/2C23H30NO3.H3O4P/c2*1-5-24(6-2,7-3)16-17(4)26-23(25)22-18-12-8-10-14-20(18)27-21-15-11-9-13-19(21)22;1-5(2,3)4/h2*8-15,17,22H,5-7,16H2,1-4H3;(H3,1,2,3,4)/q2*+1;/p-2. The molecule has 2 heterocycles. The molecule has 0 saturated heterocycles. The average molecular weight is 833 g/mol. The van der Waals surface area contributed by atoms with Crippen molar-refractivity contribution in [1.82, 2.24) is 0 Å². The van der Waals surface area contributed by atoms with Gasteiger partial charge < -0.3 is 47.2 Å². The summed E-state index contributed by atoms with van der Waals surface area (Å²) < 4.78 is 34.4. The Morgan fingerprint density at radius 3 is 1.00 bits per heavy atom. The third-order valence-corrected chi connectivity index (χ3v) is 11.8. The molecule has 1 N–H and O–H groups in total. The number of benzene rings is 4. The van der Waals surface area contributed by atoms with Gasteiger partial charge in [-0.2, -0.15) is 0 Å². The summed E-state index contributed by atoms with van der Waals surface area (Å²) in [5, 5.41) is 0. The smallest absolute Gasteiger partial charge is 0.318 e. The molecule has 0 bridgehead atoms. The lowest BCUT2D eigenvalue weighted by Gasteiger charge is -2.38. The number of carbonyl (C=O) groups excluding carboxylic acids is 2. The number of quaternary nitrogens is 2. The molecule has 0 fully saturated rings. The molecule has 6 rings (SSSR count). The number of carbonyl (C=O) groups is 2. The highest BCUT2D eigenvalue weighted by Gasteiger charge is 2.37. The second-order valence-electron chi connectivity index (χ2n) is 15.1. The second kappa shape index (κ2) is 21.1. The lowest BCUT2D eigenvalue weighted by Crippen LogP contribution is -2.52. The number of esters is 2. The van der Waals surface area contributed by atoms with Crippen LogP contribution < -0.4 is 19.3 Å². The van der Waals surface area contributed by atoms with Crippen molar-refractivity contribution < 1.29 is 56.7 Å². The van der Waals surface area contributed by atoms with E-state index in [1.165, 1.54) is 0 Å². The monoisotopic (exact) mass is 832 g/mol. The number of para-hydroxylation sites is 4. The summed E-state index contributed by atoms with van der Waals surface area (Å²) in [5.41, 5.74) is 3.48. The van der Waals surface area contributed by atoms with Gasteiger partial charge in [-0.3, -0.25) is 9.59 Å². The first-order chi connectivity index (χ1) is 28.1. The summed E-state index contributed by atoms with van der Waals surface area (Å²) in [6.07, 6.45) is -0.279. The molecule has 320 valence electrons. The topological polar surface area (TPSA) is 154 Å². The first kappa shape index (κ1) is 47.1. The van der Waals surface area contributed by atoms with E-state index in [9.17, 15) is 9.59 Å². The van der Waals surface area contributed by atoms with Gasteiger partial charge in [-0.1, -0.05) is 72.8 Å². The summed E-state index contributed by atoms with van der Waals surface area (Å²) in [7, 11) is -5.14. The molecule has 0 aromatic heterocycles. The van der Waals surface area contributed by atoms with Gasteiger partial charge in [-0.05, 0) is 79.7 Å². The number of hydrogen-bond donors (Lipinski definition) is 1. The van der Waals surface area contributed by atoms with Crippen LogP contribution in [0.1, 0.15) is 89.5 Å². The molecule has 13 heteroatoms. The van der Waals surface area contributed by atoms with Crippen LogP contribution in [0.4, 0.5) is 0 Å². The van der Waals surface area contributed by atoms with Crippen molar-refractivity contribution in [3.8, 4) is 23.0 Å². The van der Waals surface area contributed by atoms with E-state index < -0.39 is 19.7 Å². The lowest BCUT2D eigenvalue weighted by atomic mass is 9.88. The highest BCUT2D eigenvalue weighted by Crippen LogP contribution is 2.46. The van der Waals surface area contributed by atoms with Crippen molar-refractivity contribution in [2.75, 3.05) is 52.4 Å². The van der Waals surface area contributed by atoms with Gasteiger partial charge in [0.05, 0.1) is 47.1 Å². The van der Waals surface area contributed by atoms with Crippen molar-refractivity contribution in [1.29, 1.82) is 0 Å². The second-order valence-corrected chi connectivity index (χ2v) is 16.1. The number of fused-ring (bicyclic) bond motifs is 4. The van der Waals surface area contributed by atoms with Gasteiger partial charge in [-0.25, -0.2) is 0 Å². The largest absolute Gasteiger partial charge is 0.790 e. The molecule has 2 aliphatic rings. The molecule has 0 saturated carbocycles. The Hall–Kier alpha value is -4.55. The minimum absolute atomic E-state index is 0.139. The zero-order valence-corrected chi connectivity index (χ0v) is 36.6. The third kappa shape index (κ3) is 12.3. The first-order valence-corrected chi connectivity index (χ1v) is 22.1. The quantitative estimate of drug-likeness (QED) is 0.0780. The van der Waals surface area contributed by atoms with Crippen molar-refractivity contribution in [3.05, 3.63) is 119 Å². The predicted molar refractivity (Wildman–Crippen MR) is 224 cm³/mol. The molecule has 2 aliphatic heterocycles. The van der Waals surface area contributed by atoms with Crippen LogP contribution >= 0.6 is 7.82 Å². The third-order valence-electron chi connectivity index (χ3n) is 11.8. The van der Waals surface area contributed by atoms with Crippen LogP contribution in [0.3, 0.4) is 0 Å². The van der Waals surface area contributed by atoms with Crippen molar-refractivity contribution in [2.24, 2.45) is 0 Å². The van der Waals surface area contributed by atoms with E-state index in [0.29, 0.717) is 0 Å². The molecule has 0 radical (unpaired) electrons. The average Bonchev–Trinajstić information content (AvgIpc) is 3.22. The molecule has 59 heavy (non-hydrogen) atoms. The number of likely N-dealkylation sites (N-methyl/N-ethyl adjacent to an activating group) is 2. The highest BCUT2D eigenvalue weighted by atomic mass is 31.2. The molecule has 0 spiro atoms. The zero-order chi connectivity index (χ0) is 43.4. The SMILES string of the molecule is CC[N+](CC)(CC)CC(C)OC(=O)C1c2ccccc2Oc2ccccc21.CC[N+](CC)(CC)CC(C)OC(=O)C1c2ccccc2Oc2ccccc21.O=P([O-])([O-])O. The minimum atomic E-state index is -5.14. The number of rotatable bonds is 14. The van der Waals surface area contributed by atoms with Gasteiger partial charge >= 0.3 is 11.9 Å². The number of nitrogens with zero attached hydrogens (tertiary/aromatic N) is 2. The maximum absolute atomic E-state index is 13.2. The number of hydrogen-bond acceptors (Lipinski definition) is 9. The molecule has 4 aromatic rings. The Morgan fingerprint density at radius 2 is 0.780 bits per heavy atom. The fourth-order valence-electron chi connectivity index (χ4n) is 8.14. The van der Waals surface area contributed by atoms with Gasteiger partial charge in [0.2, 0.25) is 0 Å². The van der Waals surface area contributed by atoms with Crippen molar-refractivity contribution >= 4 is 19.8 Å². The Morgan fingerprint density at radius 1 is 0.559 bits per heavy atom. The molecular formula is C46H61N2O10P. The van der Waals surface area contributed by atoms with Gasteiger partial charge in [-0.15, -0.1) is 0 Å². The van der Waals surface area contributed by atoms with E-state index in [4.69, 9.17) is 38.2 Å². The van der Waals surface area contributed by atoms with E-state index in [1.807, 2.05) is 111 Å². The van der Waals surface area contributed by atoms with Crippen LogP contribution in [0.25, 0.3) is 0 Å². The molecule has 2 atom stereocenters. The Bertz CT molecular complexity index is 1790. The molecule has 4 aromatic carbocycles. The van der Waals surface area contributed by atoms with Crippen molar-refractivity contribution in [2.45, 2.75) is 79.4 Å². The molecule has 2 unspecified atom stereocenters. The Labute approximate surface area is 349 Å². The minimum Gasteiger partial charge on any atom is -0.790 e. The van der Waals surface area contributed by atoms with Gasteiger partial charge in [0, 0.05) is 22.3 Å². The van der Waals surface area contributed by atoms with E-state index in [0.717, 1.165) is 107 Å².